The molecule has 4 rings (SSSR count). The molecule has 3 aromatic rings. The maximum Gasteiger partial charge on any atom is 0.263 e. The van der Waals surface area contributed by atoms with E-state index < -0.39 is 10.0 Å². The van der Waals surface area contributed by atoms with E-state index in [2.05, 4.69) is 9.71 Å². The Bertz CT molecular complexity index is 1120. The number of aromatic nitrogens is 1. The third-order valence-electron chi connectivity index (χ3n) is 3.97. The van der Waals surface area contributed by atoms with E-state index in [9.17, 15) is 13.2 Å². The Morgan fingerprint density at radius 2 is 2.00 bits per heavy atom. The van der Waals surface area contributed by atoms with E-state index in [-0.39, 0.29) is 15.8 Å². The molecule has 132 valence electrons. The van der Waals surface area contributed by atoms with E-state index in [1.54, 1.807) is 12.1 Å². The lowest BCUT2D eigenvalue weighted by molar-refractivity contribution is 0.101. The second-order valence-electron chi connectivity index (χ2n) is 5.77. The number of thiazole rings is 1. The number of Topliss-reactive ketones (excluding diaryl/α,β-unsaturated/α-hetero) is 1. The molecule has 2 aromatic carbocycles. The fraction of sp³-hybridized carbons (Fsp3) is 0.111. The molecule has 0 aliphatic carbocycles. The summed E-state index contributed by atoms with van der Waals surface area (Å²) >= 11 is 1.24. The molecule has 0 saturated heterocycles. The molecular weight excluding hydrogens is 372 g/mol. The van der Waals surface area contributed by atoms with Gasteiger partial charge in [-0.25, -0.2) is 13.4 Å². The number of ketones is 1. The maximum atomic E-state index is 12.6. The van der Waals surface area contributed by atoms with E-state index in [4.69, 9.17) is 4.74 Å². The van der Waals surface area contributed by atoms with Crippen molar-refractivity contribution in [1.29, 1.82) is 0 Å². The minimum atomic E-state index is -3.84. The summed E-state index contributed by atoms with van der Waals surface area (Å²) in [6.07, 6.45) is 0. The lowest BCUT2D eigenvalue weighted by Crippen LogP contribution is -2.13. The van der Waals surface area contributed by atoms with E-state index in [1.807, 2.05) is 24.3 Å². The molecule has 2 heterocycles. The van der Waals surface area contributed by atoms with Crippen LogP contribution in [0.15, 0.2) is 53.4 Å². The maximum absolute atomic E-state index is 12.6. The number of carbonyl (C=O) groups excluding carboxylic acids is 1. The highest BCUT2D eigenvalue weighted by Crippen LogP contribution is 2.41. The van der Waals surface area contributed by atoms with E-state index in [1.165, 1.54) is 30.4 Å². The summed E-state index contributed by atoms with van der Waals surface area (Å²) in [5.74, 6) is 0.536. The molecule has 0 bridgehead atoms. The average Bonchev–Trinajstić information content (AvgIpc) is 3.04. The van der Waals surface area contributed by atoms with Crippen molar-refractivity contribution in [3.63, 3.8) is 0 Å². The van der Waals surface area contributed by atoms with Gasteiger partial charge in [0.15, 0.2) is 10.9 Å². The van der Waals surface area contributed by atoms with Gasteiger partial charge >= 0.3 is 0 Å². The van der Waals surface area contributed by atoms with Gasteiger partial charge in [0.25, 0.3) is 10.0 Å². The molecule has 8 heteroatoms. The summed E-state index contributed by atoms with van der Waals surface area (Å²) in [7, 11) is -3.84. The number of carbonyl (C=O) groups is 1. The van der Waals surface area contributed by atoms with Crippen LogP contribution in [0.1, 0.15) is 22.2 Å². The van der Waals surface area contributed by atoms with Crippen molar-refractivity contribution in [2.45, 2.75) is 18.4 Å². The van der Waals surface area contributed by atoms with Crippen molar-refractivity contribution in [1.82, 2.24) is 4.98 Å². The molecule has 0 saturated carbocycles. The molecule has 0 fully saturated rings. The molecule has 1 aliphatic rings. The Morgan fingerprint density at radius 1 is 1.19 bits per heavy atom. The van der Waals surface area contributed by atoms with E-state index >= 15 is 0 Å². The zero-order valence-corrected chi connectivity index (χ0v) is 15.4. The van der Waals surface area contributed by atoms with Gasteiger partial charge in [0, 0.05) is 11.1 Å². The smallest absolute Gasteiger partial charge is 0.263 e. The molecule has 1 aromatic heterocycles. The summed E-state index contributed by atoms with van der Waals surface area (Å²) in [6.45, 7) is 1.75. The van der Waals surface area contributed by atoms with Crippen LogP contribution in [-0.2, 0) is 16.6 Å². The molecule has 0 amide bonds. The molecule has 1 N–H and O–H groups in total. The Labute approximate surface area is 154 Å². The lowest BCUT2D eigenvalue weighted by atomic mass is 10.1. The number of para-hydroxylation sites is 1. The summed E-state index contributed by atoms with van der Waals surface area (Å²) in [4.78, 5) is 16.8. The Balaban J connectivity index is 1.68. The molecule has 0 atom stereocenters. The van der Waals surface area contributed by atoms with Gasteiger partial charge in [0.05, 0.1) is 15.5 Å². The Morgan fingerprint density at radius 3 is 2.81 bits per heavy atom. The zero-order valence-electron chi connectivity index (χ0n) is 13.7. The minimum Gasteiger partial charge on any atom is -0.487 e. The van der Waals surface area contributed by atoms with Crippen molar-refractivity contribution >= 4 is 32.3 Å². The first-order chi connectivity index (χ1) is 12.4. The number of hydrogen-bond acceptors (Lipinski definition) is 6. The first-order valence-corrected chi connectivity index (χ1v) is 10.1. The third-order valence-corrected chi connectivity index (χ3v) is 6.38. The van der Waals surface area contributed by atoms with Crippen LogP contribution in [0.25, 0.3) is 11.3 Å². The first-order valence-electron chi connectivity index (χ1n) is 7.80. The summed E-state index contributed by atoms with van der Waals surface area (Å²) in [5.41, 5.74) is 1.91. The number of nitrogens with one attached hydrogen (secondary N) is 1. The van der Waals surface area contributed by atoms with Crippen LogP contribution in [0.2, 0.25) is 0 Å². The zero-order chi connectivity index (χ0) is 18.3. The topological polar surface area (TPSA) is 85.4 Å². The van der Waals surface area contributed by atoms with Gasteiger partial charge in [-0.05, 0) is 31.2 Å². The van der Waals surface area contributed by atoms with E-state index in [0.717, 1.165) is 21.9 Å². The minimum absolute atomic E-state index is 0.0232. The highest BCUT2D eigenvalue weighted by Gasteiger charge is 2.24. The molecule has 0 unspecified atom stereocenters. The SMILES string of the molecule is CC(=O)c1cccc(S(=O)(=O)Nc2nc3c(s2)COc2ccccc2-3)c1. The van der Waals surface area contributed by atoms with Gasteiger partial charge in [0.2, 0.25) is 0 Å². The number of hydrogen-bond donors (Lipinski definition) is 1. The van der Waals surface area contributed by atoms with Crippen molar-refractivity contribution < 1.29 is 17.9 Å². The number of rotatable bonds is 4. The van der Waals surface area contributed by atoms with Crippen LogP contribution < -0.4 is 9.46 Å². The lowest BCUT2D eigenvalue weighted by Gasteiger charge is -2.15. The summed E-state index contributed by atoms with van der Waals surface area (Å²) in [5, 5.41) is 0.267. The van der Waals surface area contributed by atoms with Gasteiger partial charge < -0.3 is 4.74 Å². The van der Waals surface area contributed by atoms with Crippen LogP contribution in [-0.4, -0.2) is 19.2 Å². The van der Waals surface area contributed by atoms with Gasteiger partial charge in [-0.1, -0.05) is 35.6 Å². The van der Waals surface area contributed by atoms with E-state index in [0.29, 0.717) is 12.2 Å². The number of benzene rings is 2. The summed E-state index contributed by atoms with van der Waals surface area (Å²) < 4.78 is 33.5. The second kappa shape index (κ2) is 6.22. The van der Waals surface area contributed by atoms with Crippen LogP contribution >= 0.6 is 11.3 Å². The van der Waals surface area contributed by atoms with Gasteiger partial charge in [-0.15, -0.1) is 0 Å². The molecule has 6 nitrogen and oxygen atoms in total. The predicted octanol–water partition coefficient (Wildman–Crippen LogP) is 3.71. The normalized spacial score (nSPS) is 12.7. The Hall–Kier alpha value is -2.71. The largest absolute Gasteiger partial charge is 0.487 e. The number of fused-ring (bicyclic) bond motifs is 3. The monoisotopic (exact) mass is 386 g/mol. The number of sulfonamides is 1. The Kier molecular flexibility index (Phi) is 4.01. The van der Waals surface area contributed by atoms with Crippen LogP contribution in [0, 0.1) is 0 Å². The number of anilines is 1. The molecule has 0 radical (unpaired) electrons. The van der Waals surface area contributed by atoms with Gasteiger partial charge in [-0.2, -0.15) is 0 Å². The van der Waals surface area contributed by atoms with Crippen molar-refractivity contribution in [3.05, 3.63) is 59.0 Å². The first kappa shape index (κ1) is 16.7. The fourth-order valence-electron chi connectivity index (χ4n) is 2.69. The van der Waals surface area contributed by atoms with Crippen molar-refractivity contribution in [2.75, 3.05) is 4.72 Å². The van der Waals surface area contributed by atoms with Gasteiger partial charge in [-0.3, -0.25) is 9.52 Å². The highest BCUT2D eigenvalue weighted by atomic mass is 32.2. The van der Waals surface area contributed by atoms with Crippen LogP contribution in [0.4, 0.5) is 5.13 Å². The molecule has 0 spiro atoms. The molecule has 1 aliphatic heterocycles. The second-order valence-corrected chi connectivity index (χ2v) is 8.53. The number of ether oxygens (including phenoxy) is 1. The van der Waals surface area contributed by atoms with Crippen molar-refractivity contribution in [3.8, 4) is 17.0 Å². The average molecular weight is 386 g/mol. The highest BCUT2D eigenvalue weighted by molar-refractivity contribution is 7.93. The summed E-state index contributed by atoms with van der Waals surface area (Å²) in [6, 6.07) is 13.4. The van der Waals surface area contributed by atoms with Crippen LogP contribution in [0.5, 0.6) is 5.75 Å². The quantitative estimate of drug-likeness (QED) is 0.691. The van der Waals surface area contributed by atoms with Gasteiger partial charge in [0.1, 0.15) is 12.4 Å². The molecule has 26 heavy (non-hydrogen) atoms. The standard InChI is InChI=1S/C18H14N2O4S2/c1-11(21)12-5-4-6-13(9-12)26(22,23)20-18-19-17-14-7-2-3-8-15(14)24-10-16(17)25-18/h2-9H,10H2,1H3,(H,19,20). The van der Waals surface area contributed by atoms with Crippen molar-refractivity contribution in [2.24, 2.45) is 0 Å². The van der Waals surface area contributed by atoms with Crippen LogP contribution in [0.3, 0.4) is 0 Å². The fourth-order valence-corrected chi connectivity index (χ4v) is 4.86. The molecular formula is C18H14N2O4S2. The predicted molar refractivity (Wildman–Crippen MR) is 99.1 cm³/mol. The number of nitrogens with zero attached hydrogens (tertiary/aromatic N) is 1. The third kappa shape index (κ3) is 2.97.